The Morgan fingerprint density at radius 3 is 2.56 bits per heavy atom. The molecule has 1 amide bonds. The molecule has 5 nitrogen and oxygen atoms in total. The molecule has 1 aromatic carbocycles. The Hall–Kier alpha value is -1.95. The van der Waals surface area contributed by atoms with Crippen LogP contribution in [0.15, 0.2) is 18.2 Å². The van der Waals surface area contributed by atoms with E-state index >= 15 is 0 Å². The molecule has 2 N–H and O–H groups in total. The van der Waals surface area contributed by atoms with Crippen molar-refractivity contribution in [1.82, 2.24) is 5.32 Å². The third kappa shape index (κ3) is 3.81. The second kappa shape index (κ2) is 6.11. The van der Waals surface area contributed by atoms with Crippen LogP contribution in [0.1, 0.15) is 22.8 Å². The standard InChI is InChI=1S/C12H14N2O3S/c1-7-4-5-9(11(16)17-3)6-10(7)14-12(18)13-8(2)15/h4-6H,1-3H3,(H2,13,14,15,18). The minimum atomic E-state index is -0.427. The highest BCUT2D eigenvalue weighted by Gasteiger charge is 2.09. The van der Waals surface area contributed by atoms with Gasteiger partial charge >= 0.3 is 5.97 Å². The van der Waals surface area contributed by atoms with E-state index in [1.807, 2.05) is 6.92 Å². The summed E-state index contributed by atoms with van der Waals surface area (Å²) in [6.45, 7) is 3.23. The monoisotopic (exact) mass is 266 g/mol. The van der Waals surface area contributed by atoms with Crippen molar-refractivity contribution in [2.75, 3.05) is 12.4 Å². The Bertz CT molecular complexity index is 500. The first-order valence-electron chi connectivity index (χ1n) is 5.21. The van der Waals surface area contributed by atoms with Gasteiger partial charge in [0.25, 0.3) is 0 Å². The summed E-state index contributed by atoms with van der Waals surface area (Å²) in [5, 5.41) is 5.49. The SMILES string of the molecule is COC(=O)c1ccc(C)c(NC(=S)NC(C)=O)c1. The Balaban J connectivity index is 2.91. The number of carbonyl (C=O) groups excluding carboxylic acids is 2. The molecule has 0 saturated heterocycles. The van der Waals surface area contributed by atoms with E-state index in [-0.39, 0.29) is 11.0 Å². The number of esters is 1. The van der Waals surface area contributed by atoms with Gasteiger partial charge < -0.3 is 15.4 Å². The largest absolute Gasteiger partial charge is 0.465 e. The van der Waals surface area contributed by atoms with Crippen LogP contribution in [0.4, 0.5) is 5.69 Å². The zero-order valence-electron chi connectivity index (χ0n) is 10.4. The van der Waals surface area contributed by atoms with Crippen LogP contribution in [0.5, 0.6) is 0 Å². The van der Waals surface area contributed by atoms with Gasteiger partial charge in [-0.25, -0.2) is 4.79 Å². The Labute approximate surface area is 111 Å². The molecule has 1 aromatic rings. The number of carbonyl (C=O) groups is 2. The summed E-state index contributed by atoms with van der Waals surface area (Å²) in [5.74, 6) is -0.683. The lowest BCUT2D eigenvalue weighted by molar-refractivity contribution is -0.117. The fourth-order valence-corrected chi connectivity index (χ4v) is 1.57. The van der Waals surface area contributed by atoms with Gasteiger partial charge in [-0.2, -0.15) is 0 Å². The van der Waals surface area contributed by atoms with Crippen LogP contribution in [0.3, 0.4) is 0 Å². The molecule has 0 aliphatic carbocycles. The quantitative estimate of drug-likeness (QED) is 0.629. The van der Waals surface area contributed by atoms with Crippen LogP contribution in [-0.2, 0) is 9.53 Å². The zero-order chi connectivity index (χ0) is 13.7. The van der Waals surface area contributed by atoms with Gasteiger partial charge in [-0.3, -0.25) is 4.79 Å². The molecule has 96 valence electrons. The lowest BCUT2D eigenvalue weighted by Gasteiger charge is -2.11. The molecular formula is C12H14N2O3S. The highest BCUT2D eigenvalue weighted by Crippen LogP contribution is 2.17. The molecule has 0 radical (unpaired) electrons. The molecular weight excluding hydrogens is 252 g/mol. The van der Waals surface area contributed by atoms with Crippen molar-refractivity contribution in [3.63, 3.8) is 0 Å². The summed E-state index contributed by atoms with van der Waals surface area (Å²) in [6, 6.07) is 5.05. The summed E-state index contributed by atoms with van der Waals surface area (Å²) in [7, 11) is 1.32. The van der Waals surface area contributed by atoms with Crippen LogP contribution in [-0.4, -0.2) is 24.1 Å². The van der Waals surface area contributed by atoms with Gasteiger partial charge in [0.1, 0.15) is 0 Å². The van der Waals surface area contributed by atoms with Crippen LogP contribution in [0.2, 0.25) is 0 Å². The summed E-state index contributed by atoms with van der Waals surface area (Å²) < 4.78 is 4.63. The topological polar surface area (TPSA) is 67.4 Å². The van der Waals surface area contributed by atoms with Crippen molar-refractivity contribution in [3.05, 3.63) is 29.3 Å². The fraction of sp³-hybridized carbons (Fsp3) is 0.250. The maximum absolute atomic E-state index is 11.4. The third-order valence-electron chi connectivity index (χ3n) is 2.20. The zero-order valence-corrected chi connectivity index (χ0v) is 11.2. The van der Waals surface area contributed by atoms with Crippen molar-refractivity contribution in [3.8, 4) is 0 Å². The van der Waals surface area contributed by atoms with Crippen LogP contribution >= 0.6 is 12.2 Å². The van der Waals surface area contributed by atoms with E-state index in [2.05, 4.69) is 15.4 Å². The minimum absolute atomic E-state index is 0.188. The van der Waals surface area contributed by atoms with Gasteiger partial charge in [0.15, 0.2) is 5.11 Å². The van der Waals surface area contributed by atoms with E-state index in [4.69, 9.17) is 12.2 Å². The molecule has 0 atom stereocenters. The van der Waals surface area contributed by atoms with Crippen LogP contribution in [0.25, 0.3) is 0 Å². The Morgan fingerprint density at radius 2 is 2.00 bits per heavy atom. The van der Waals surface area contributed by atoms with E-state index in [1.54, 1.807) is 18.2 Å². The van der Waals surface area contributed by atoms with Gasteiger partial charge in [-0.1, -0.05) is 6.07 Å². The van der Waals surface area contributed by atoms with E-state index in [1.165, 1.54) is 14.0 Å². The molecule has 6 heteroatoms. The van der Waals surface area contributed by atoms with E-state index in [0.717, 1.165) is 5.56 Å². The number of ether oxygens (including phenoxy) is 1. The minimum Gasteiger partial charge on any atom is -0.465 e. The molecule has 18 heavy (non-hydrogen) atoms. The molecule has 0 aliphatic rings. The first-order valence-corrected chi connectivity index (χ1v) is 5.62. The summed E-state index contributed by atoms with van der Waals surface area (Å²) in [5.41, 5.74) is 1.96. The van der Waals surface area contributed by atoms with Crippen molar-refractivity contribution in [1.29, 1.82) is 0 Å². The highest BCUT2D eigenvalue weighted by molar-refractivity contribution is 7.80. The van der Waals surface area contributed by atoms with E-state index in [9.17, 15) is 9.59 Å². The first kappa shape index (κ1) is 14.1. The molecule has 0 fully saturated rings. The van der Waals surface area contributed by atoms with Gasteiger partial charge in [0, 0.05) is 12.6 Å². The summed E-state index contributed by atoms with van der Waals surface area (Å²) in [6.07, 6.45) is 0. The maximum atomic E-state index is 11.4. The first-order chi connectivity index (χ1) is 8.43. The van der Waals surface area contributed by atoms with Gasteiger partial charge in [-0.15, -0.1) is 0 Å². The lowest BCUT2D eigenvalue weighted by atomic mass is 10.1. The number of hydrogen-bond acceptors (Lipinski definition) is 4. The number of nitrogens with one attached hydrogen (secondary N) is 2. The van der Waals surface area contributed by atoms with Crippen molar-refractivity contribution >= 4 is 34.9 Å². The normalized spacial score (nSPS) is 9.50. The second-order valence-electron chi connectivity index (χ2n) is 3.66. The average molecular weight is 266 g/mol. The van der Waals surface area contributed by atoms with Crippen LogP contribution < -0.4 is 10.6 Å². The highest BCUT2D eigenvalue weighted by atomic mass is 32.1. The molecule has 0 unspecified atom stereocenters. The van der Waals surface area contributed by atoms with Crippen molar-refractivity contribution in [2.24, 2.45) is 0 Å². The molecule has 0 saturated carbocycles. The number of hydrogen-bond donors (Lipinski definition) is 2. The van der Waals surface area contributed by atoms with Crippen molar-refractivity contribution in [2.45, 2.75) is 13.8 Å². The molecule has 0 aromatic heterocycles. The number of rotatable bonds is 2. The predicted octanol–water partition coefficient (Wildman–Crippen LogP) is 1.61. The Kier molecular flexibility index (Phi) is 4.79. The number of amides is 1. The number of benzene rings is 1. The number of methoxy groups -OCH3 is 1. The van der Waals surface area contributed by atoms with E-state index in [0.29, 0.717) is 11.3 Å². The molecule has 0 spiro atoms. The smallest absolute Gasteiger partial charge is 0.337 e. The lowest BCUT2D eigenvalue weighted by Crippen LogP contribution is -2.32. The molecule has 0 heterocycles. The number of thiocarbonyl (C=S) groups is 1. The molecule has 0 aliphatic heterocycles. The van der Waals surface area contributed by atoms with Gasteiger partial charge in [0.2, 0.25) is 5.91 Å². The number of aryl methyl sites for hydroxylation is 1. The second-order valence-corrected chi connectivity index (χ2v) is 4.06. The molecule has 1 rings (SSSR count). The van der Waals surface area contributed by atoms with Crippen molar-refractivity contribution < 1.29 is 14.3 Å². The summed E-state index contributed by atoms with van der Waals surface area (Å²) >= 11 is 4.95. The predicted molar refractivity (Wildman–Crippen MR) is 72.6 cm³/mol. The number of anilines is 1. The average Bonchev–Trinajstić information content (AvgIpc) is 2.30. The third-order valence-corrected chi connectivity index (χ3v) is 2.40. The van der Waals surface area contributed by atoms with Crippen LogP contribution in [0, 0.1) is 6.92 Å². The van der Waals surface area contributed by atoms with Gasteiger partial charge in [0.05, 0.1) is 12.7 Å². The Morgan fingerprint density at radius 1 is 1.33 bits per heavy atom. The maximum Gasteiger partial charge on any atom is 0.337 e. The van der Waals surface area contributed by atoms with Gasteiger partial charge in [-0.05, 0) is 36.8 Å². The summed E-state index contributed by atoms with van der Waals surface area (Å²) in [4.78, 5) is 22.2. The fourth-order valence-electron chi connectivity index (χ4n) is 1.31. The van der Waals surface area contributed by atoms with E-state index < -0.39 is 5.97 Å². The molecule has 0 bridgehead atoms.